The van der Waals surface area contributed by atoms with Gasteiger partial charge in [-0.05, 0) is 33.0 Å². The largest absolute Gasteiger partial charge is 0.493 e. The van der Waals surface area contributed by atoms with Crippen LogP contribution in [0.4, 0.5) is 0 Å². The van der Waals surface area contributed by atoms with Gasteiger partial charge in [0.15, 0.2) is 0 Å². The number of rotatable bonds is 8. The SMILES string of the molecule is Cc1cccc(CNC(C)C)c1OCCCN(C)C. The first-order valence-corrected chi connectivity index (χ1v) is 7.10. The molecule has 1 N–H and O–H groups in total. The van der Waals surface area contributed by atoms with Gasteiger partial charge in [0.05, 0.1) is 6.61 Å². The molecule has 0 bridgehead atoms. The average molecular weight is 264 g/mol. The molecule has 0 radical (unpaired) electrons. The maximum Gasteiger partial charge on any atom is 0.126 e. The Balaban J connectivity index is 2.58. The third-order valence-corrected chi connectivity index (χ3v) is 2.99. The molecule has 0 saturated heterocycles. The van der Waals surface area contributed by atoms with Crippen LogP contribution in [0.3, 0.4) is 0 Å². The monoisotopic (exact) mass is 264 g/mol. The Bertz CT molecular complexity index is 375. The van der Waals surface area contributed by atoms with Gasteiger partial charge < -0.3 is 15.0 Å². The Morgan fingerprint density at radius 1 is 1.26 bits per heavy atom. The number of nitrogens with zero attached hydrogens (tertiary/aromatic N) is 1. The minimum atomic E-state index is 0.488. The lowest BCUT2D eigenvalue weighted by molar-refractivity contribution is 0.277. The van der Waals surface area contributed by atoms with E-state index in [1.54, 1.807) is 0 Å². The zero-order chi connectivity index (χ0) is 14.3. The zero-order valence-electron chi connectivity index (χ0n) is 13.0. The van der Waals surface area contributed by atoms with Crippen molar-refractivity contribution in [3.05, 3.63) is 29.3 Å². The molecule has 0 atom stereocenters. The molecule has 19 heavy (non-hydrogen) atoms. The van der Waals surface area contributed by atoms with Gasteiger partial charge in [0, 0.05) is 24.7 Å². The van der Waals surface area contributed by atoms with E-state index in [1.807, 2.05) is 0 Å². The molecule has 1 aromatic carbocycles. The van der Waals surface area contributed by atoms with Gasteiger partial charge in [-0.15, -0.1) is 0 Å². The Kier molecular flexibility index (Phi) is 6.89. The van der Waals surface area contributed by atoms with Crippen LogP contribution in [0.5, 0.6) is 5.75 Å². The number of aryl methyl sites for hydroxylation is 1. The maximum absolute atomic E-state index is 5.98. The van der Waals surface area contributed by atoms with Crippen molar-refractivity contribution in [1.82, 2.24) is 10.2 Å². The van der Waals surface area contributed by atoms with Gasteiger partial charge in [-0.1, -0.05) is 32.0 Å². The number of ether oxygens (including phenoxy) is 1. The van der Waals surface area contributed by atoms with Crippen LogP contribution >= 0.6 is 0 Å². The van der Waals surface area contributed by atoms with Crippen LogP contribution in [0.25, 0.3) is 0 Å². The molecule has 0 aromatic heterocycles. The minimum absolute atomic E-state index is 0.488. The molecule has 0 spiro atoms. The molecule has 1 aromatic rings. The molecule has 0 fully saturated rings. The van der Waals surface area contributed by atoms with Gasteiger partial charge >= 0.3 is 0 Å². The van der Waals surface area contributed by atoms with E-state index in [-0.39, 0.29) is 0 Å². The molecular weight excluding hydrogens is 236 g/mol. The Labute approximate surface area is 118 Å². The van der Waals surface area contributed by atoms with Crippen molar-refractivity contribution in [2.24, 2.45) is 0 Å². The summed E-state index contributed by atoms with van der Waals surface area (Å²) in [6, 6.07) is 6.84. The van der Waals surface area contributed by atoms with Crippen molar-refractivity contribution in [3.63, 3.8) is 0 Å². The summed E-state index contributed by atoms with van der Waals surface area (Å²) in [5.41, 5.74) is 2.46. The summed E-state index contributed by atoms with van der Waals surface area (Å²) in [5, 5.41) is 3.45. The Morgan fingerprint density at radius 2 is 2.00 bits per heavy atom. The van der Waals surface area contributed by atoms with Crippen molar-refractivity contribution >= 4 is 0 Å². The molecule has 0 aliphatic rings. The standard InChI is InChI=1S/C16H28N2O/c1-13(2)17-12-15-9-6-8-14(3)16(15)19-11-7-10-18(4)5/h6,8-9,13,17H,7,10-12H2,1-5H3. The van der Waals surface area contributed by atoms with Crippen molar-refractivity contribution in [2.45, 2.75) is 39.8 Å². The van der Waals surface area contributed by atoms with E-state index >= 15 is 0 Å². The van der Waals surface area contributed by atoms with Gasteiger partial charge in [0.1, 0.15) is 5.75 Å². The first-order valence-electron chi connectivity index (χ1n) is 7.10. The Hall–Kier alpha value is -1.06. The van der Waals surface area contributed by atoms with Gasteiger partial charge in [-0.2, -0.15) is 0 Å². The smallest absolute Gasteiger partial charge is 0.126 e. The van der Waals surface area contributed by atoms with Gasteiger partial charge in [0.25, 0.3) is 0 Å². The molecule has 0 saturated carbocycles. The highest BCUT2D eigenvalue weighted by molar-refractivity contribution is 5.40. The summed E-state index contributed by atoms with van der Waals surface area (Å²) < 4.78 is 5.98. The zero-order valence-corrected chi connectivity index (χ0v) is 13.0. The number of hydrogen-bond donors (Lipinski definition) is 1. The first kappa shape index (κ1) is 16.0. The summed E-state index contributed by atoms with van der Waals surface area (Å²) in [4.78, 5) is 2.18. The first-order chi connectivity index (χ1) is 9.00. The van der Waals surface area contributed by atoms with E-state index in [0.717, 1.165) is 31.9 Å². The molecule has 108 valence electrons. The van der Waals surface area contributed by atoms with E-state index in [0.29, 0.717) is 6.04 Å². The summed E-state index contributed by atoms with van der Waals surface area (Å²) in [7, 11) is 4.18. The van der Waals surface area contributed by atoms with E-state index < -0.39 is 0 Å². The van der Waals surface area contributed by atoms with Crippen LogP contribution < -0.4 is 10.1 Å². The number of nitrogens with one attached hydrogen (secondary N) is 1. The van der Waals surface area contributed by atoms with Crippen molar-refractivity contribution < 1.29 is 4.74 Å². The highest BCUT2D eigenvalue weighted by atomic mass is 16.5. The third-order valence-electron chi connectivity index (χ3n) is 2.99. The Morgan fingerprint density at radius 3 is 2.63 bits per heavy atom. The highest BCUT2D eigenvalue weighted by Crippen LogP contribution is 2.23. The van der Waals surface area contributed by atoms with Crippen LogP contribution in [-0.4, -0.2) is 38.2 Å². The average Bonchev–Trinajstić information content (AvgIpc) is 2.33. The fourth-order valence-electron chi connectivity index (χ4n) is 1.93. The van der Waals surface area contributed by atoms with Crippen LogP contribution in [0.1, 0.15) is 31.4 Å². The van der Waals surface area contributed by atoms with Crippen molar-refractivity contribution in [2.75, 3.05) is 27.2 Å². The quantitative estimate of drug-likeness (QED) is 0.731. The fourth-order valence-corrected chi connectivity index (χ4v) is 1.93. The van der Waals surface area contributed by atoms with Crippen LogP contribution in [0.2, 0.25) is 0 Å². The minimum Gasteiger partial charge on any atom is -0.493 e. The molecule has 3 heteroatoms. The predicted molar refractivity (Wildman–Crippen MR) is 81.8 cm³/mol. The second-order valence-electron chi connectivity index (χ2n) is 5.60. The molecule has 0 aliphatic heterocycles. The van der Waals surface area contributed by atoms with Crippen molar-refractivity contribution in [1.29, 1.82) is 0 Å². The summed E-state index contributed by atoms with van der Waals surface area (Å²) in [5.74, 6) is 1.05. The normalized spacial score (nSPS) is 11.3. The lowest BCUT2D eigenvalue weighted by Crippen LogP contribution is -2.22. The summed E-state index contributed by atoms with van der Waals surface area (Å²) in [6.07, 6.45) is 1.05. The molecule has 0 amide bonds. The van der Waals surface area contributed by atoms with Crippen LogP contribution in [-0.2, 0) is 6.54 Å². The van der Waals surface area contributed by atoms with E-state index in [2.05, 4.69) is 63.3 Å². The van der Waals surface area contributed by atoms with E-state index in [9.17, 15) is 0 Å². The van der Waals surface area contributed by atoms with Gasteiger partial charge in [-0.3, -0.25) is 0 Å². The molecule has 1 rings (SSSR count). The topological polar surface area (TPSA) is 24.5 Å². The predicted octanol–water partition coefficient (Wildman–Crippen LogP) is 2.82. The van der Waals surface area contributed by atoms with E-state index in [1.165, 1.54) is 11.1 Å². The maximum atomic E-state index is 5.98. The molecule has 0 aliphatic carbocycles. The summed E-state index contributed by atoms with van der Waals surface area (Å²) in [6.45, 7) is 9.13. The molecular formula is C16H28N2O. The van der Waals surface area contributed by atoms with Crippen LogP contribution in [0, 0.1) is 6.92 Å². The number of para-hydroxylation sites is 1. The fraction of sp³-hybridized carbons (Fsp3) is 0.625. The second-order valence-corrected chi connectivity index (χ2v) is 5.60. The summed E-state index contributed by atoms with van der Waals surface area (Å²) >= 11 is 0. The van der Waals surface area contributed by atoms with Gasteiger partial charge in [0.2, 0.25) is 0 Å². The number of hydrogen-bond acceptors (Lipinski definition) is 3. The lowest BCUT2D eigenvalue weighted by Gasteiger charge is -2.16. The molecule has 0 heterocycles. The molecule has 0 unspecified atom stereocenters. The second kappa shape index (κ2) is 8.18. The lowest BCUT2D eigenvalue weighted by atomic mass is 10.1. The molecule has 3 nitrogen and oxygen atoms in total. The van der Waals surface area contributed by atoms with Crippen LogP contribution in [0.15, 0.2) is 18.2 Å². The number of benzene rings is 1. The highest BCUT2D eigenvalue weighted by Gasteiger charge is 2.07. The van der Waals surface area contributed by atoms with Crippen molar-refractivity contribution in [3.8, 4) is 5.75 Å². The van der Waals surface area contributed by atoms with E-state index in [4.69, 9.17) is 4.74 Å². The third kappa shape index (κ3) is 6.08. The van der Waals surface area contributed by atoms with Gasteiger partial charge in [-0.25, -0.2) is 0 Å².